The minimum atomic E-state index is 0.624. The van der Waals surface area contributed by atoms with Gasteiger partial charge in [0.05, 0.1) is 0 Å². The highest BCUT2D eigenvalue weighted by Gasteiger charge is 2.21. The van der Waals surface area contributed by atoms with E-state index in [9.17, 15) is 0 Å². The summed E-state index contributed by atoms with van der Waals surface area (Å²) in [6, 6.07) is 12.2. The lowest BCUT2D eigenvalue weighted by Gasteiger charge is -2.31. The van der Waals surface area contributed by atoms with Crippen molar-refractivity contribution in [3.63, 3.8) is 0 Å². The molecule has 1 heteroatoms. The van der Waals surface area contributed by atoms with Gasteiger partial charge in [-0.2, -0.15) is 0 Å². The smallest absolute Gasteiger partial charge is 0.0107 e. The number of hydrogen-bond donors (Lipinski definition) is 1. The molecule has 1 aromatic rings. The molecule has 19 heavy (non-hydrogen) atoms. The van der Waals surface area contributed by atoms with Gasteiger partial charge in [0, 0.05) is 12.1 Å². The first-order chi connectivity index (χ1) is 9.29. The van der Waals surface area contributed by atoms with Crippen LogP contribution in [0.1, 0.15) is 57.9 Å². The van der Waals surface area contributed by atoms with Crippen LogP contribution < -0.4 is 5.32 Å². The number of rotatable bonds is 6. The third-order valence-electron chi connectivity index (χ3n) is 4.67. The van der Waals surface area contributed by atoms with Gasteiger partial charge in [-0.25, -0.2) is 0 Å². The van der Waals surface area contributed by atoms with Gasteiger partial charge >= 0.3 is 0 Å². The van der Waals surface area contributed by atoms with Crippen LogP contribution in [-0.2, 0) is 6.42 Å². The normalized spacial score (nSPS) is 20.1. The summed E-state index contributed by atoms with van der Waals surface area (Å²) in [5.41, 5.74) is 1.46. The molecular weight excluding hydrogens is 230 g/mol. The lowest BCUT2D eigenvalue weighted by atomic mass is 9.84. The molecule has 0 saturated heterocycles. The van der Waals surface area contributed by atoms with Gasteiger partial charge in [-0.05, 0) is 44.1 Å². The Morgan fingerprint density at radius 2 is 1.79 bits per heavy atom. The lowest BCUT2D eigenvalue weighted by molar-refractivity contribution is 0.261. The number of nitrogens with one attached hydrogen (secondary N) is 1. The van der Waals surface area contributed by atoms with Crippen molar-refractivity contribution in [2.45, 2.75) is 70.9 Å². The Morgan fingerprint density at radius 1 is 1.11 bits per heavy atom. The molecule has 1 aliphatic rings. The van der Waals surface area contributed by atoms with Crippen LogP contribution in [0.5, 0.6) is 0 Å². The van der Waals surface area contributed by atoms with Gasteiger partial charge in [-0.1, -0.05) is 56.5 Å². The first-order valence-electron chi connectivity index (χ1n) is 8.09. The zero-order chi connectivity index (χ0) is 13.5. The summed E-state index contributed by atoms with van der Waals surface area (Å²) in [5.74, 6) is 0.901. The molecule has 1 fully saturated rings. The van der Waals surface area contributed by atoms with Crippen molar-refractivity contribution < 1.29 is 0 Å². The molecule has 0 bridgehead atoms. The fraction of sp³-hybridized carbons (Fsp3) is 0.667. The minimum Gasteiger partial charge on any atom is -0.311 e. The van der Waals surface area contributed by atoms with E-state index in [2.05, 4.69) is 49.5 Å². The third kappa shape index (κ3) is 4.65. The van der Waals surface area contributed by atoms with E-state index in [4.69, 9.17) is 0 Å². The van der Waals surface area contributed by atoms with Crippen molar-refractivity contribution in [1.82, 2.24) is 5.32 Å². The van der Waals surface area contributed by atoms with E-state index in [-0.39, 0.29) is 0 Å². The zero-order valence-electron chi connectivity index (χ0n) is 12.6. The molecule has 1 saturated carbocycles. The summed E-state index contributed by atoms with van der Waals surface area (Å²) < 4.78 is 0. The summed E-state index contributed by atoms with van der Waals surface area (Å²) in [7, 11) is 0. The van der Waals surface area contributed by atoms with Crippen LogP contribution in [0.15, 0.2) is 30.3 Å². The van der Waals surface area contributed by atoms with Gasteiger partial charge in [-0.15, -0.1) is 0 Å². The molecule has 0 aliphatic heterocycles. The molecular formula is C18H29N. The van der Waals surface area contributed by atoms with Gasteiger partial charge < -0.3 is 5.32 Å². The average Bonchev–Trinajstić information content (AvgIpc) is 2.48. The molecule has 0 radical (unpaired) electrons. The van der Waals surface area contributed by atoms with Crippen molar-refractivity contribution in [3.8, 4) is 0 Å². The van der Waals surface area contributed by atoms with E-state index in [1.165, 1.54) is 44.1 Å². The summed E-state index contributed by atoms with van der Waals surface area (Å²) >= 11 is 0. The molecule has 0 spiro atoms. The van der Waals surface area contributed by atoms with E-state index < -0.39 is 0 Å². The molecule has 0 amide bonds. The van der Waals surface area contributed by atoms with Crippen LogP contribution in [-0.4, -0.2) is 12.1 Å². The van der Waals surface area contributed by atoms with Crippen molar-refractivity contribution in [2.24, 2.45) is 5.92 Å². The number of hydrogen-bond acceptors (Lipinski definition) is 1. The molecule has 1 unspecified atom stereocenters. The van der Waals surface area contributed by atoms with Crippen LogP contribution in [0.25, 0.3) is 0 Å². The molecule has 2 rings (SSSR count). The molecule has 0 heterocycles. The highest BCUT2D eigenvalue weighted by atomic mass is 14.9. The van der Waals surface area contributed by atoms with Gasteiger partial charge in [0.2, 0.25) is 0 Å². The molecule has 1 aromatic carbocycles. The lowest BCUT2D eigenvalue weighted by Crippen LogP contribution is -2.42. The van der Waals surface area contributed by atoms with Crippen molar-refractivity contribution in [1.29, 1.82) is 0 Å². The summed E-state index contributed by atoms with van der Waals surface area (Å²) in [6.07, 6.45) is 9.55. The average molecular weight is 259 g/mol. The first kappa shape index (κ1) is 14.6. The van der Waals surface area contributed by atoms with Crippen LogP contribution >= 0.6 is 0 Å². The maximum Gasteiger partial charge on any atom is 0.0107 e. The maximum atomic E-state index is 3.88. The standard InChI is InChI=1S/C18H29N/c1-3-18(14-16-10-6-4-7-11-16)19-15(2)17-12-8-5-9-13-17/h4,6-7,10-11,15,17-19H,3,5,8-9,12-14H2,1-2H3/t15-,18?/m1/s1. The maximum absolute atomic E-state index is 3.88. The summed E-state index contributed by atoms with van der Waals surface area (Å²) in [4.78, 5) is 0. The van der Waals surface area contributed by atoms with Gasteiger partial charge in [0.1, 0.15) is 0 Å². The van der Waals surface area contributed by atoms with E-state index in [1.54, 1.807) is 0 Å². The number of benzene rings is 1. The predicted molar refractivity (Wildman–Crippen MR) is 83.4 cm³/mol. The van der Waals surface area contributed by atoms with Crippen LogP contribution in [0.3, 0.4) is 0 Å². The Labute approximate surface area is 118 Å². The van der Waals surface area contributed by atoms with Gasteiger partial charge in [0.25, 0.3) is 0 Å². The van der Waals surface area contributed by atoms with Crippen LogP contribution in [0.2, 0.25) is 0 Å². The van der Waals surface area contributed by atoms with E-state index in [0.29, 0.717) is 12.1 Å². The van der Waals surface area contributed by atoms with E-state index >= 15 is 0 Å². The second-order valence-corrected chi connectivity index (χ2v) is 6.15. The molecule has 1 N–H and O–H groups in total. The zero-order valence-corrected chi connectivity index (χ0v) is 12.6. The van der Waals surface area contributed by atoms with Crippen molar-refractivity contribution >= 4 is 0 Å². The Kier molecular flexibility index (Phi) is 5.91. The molecule has 2 atom stereocenters. The largest absolute Gasteiger partial charge is 0.311 e. The SMILES string of the molecule is CCC(Cc1ccccc1)N[C@H](C)C1CCCCC1. The van der Waals surface area contributed by atoms with Crippen molar-refractivity contribution in [3.05, 3.63) is 35.9 Å². The van der Waals surface area contributed by atoms with Gasteiger partial charge in [0.15, 0.2) is 0 Å². The summed E-state index contributed by atoms with van der Waals surface area (Å²) in [5, 5.41) is 3.88. The molecule has 1 nitrogen and oxygen atoms in total. The summed E-state index contributed by atoms with van der Waals surface area (Å²) in [6.45, 7) is 4.69. The molecule has 1 aliphatic carbocycles. The van der Waals surface area contributed by atoms with Crippen LogP contribution in [0, 0.1) is 5.92 Å². The third-order valence-corrected chi connectivity index (χ3v) is 4.67. The first-order valence-corrected chi connectivity index (χ1v) is 8.09. The Bertz CT molecular complexity index is 340. The topological polar surface area (TPSA) is 12.0 Å². The monoisotopic (exact) mass is 259 g/mol. The Balaban J connectivity index is 1.84. The second-order valence-electron chi connectivity index (χ2n) is 6.15. The quantitative estimate of drug-likeness (QED) is 0.789. The Hall–Kier alpha value is -0.820. The van der Waals surface area contributed by atoms with Crippen molar-refractivity contribution in [2.75, 3.05) is 0 Å². The predicted octanol–water partition coefficient (Wildman–Crippen LogP) is 4.57. The van der Waals surface area contributed by atoms with E-state index in [0.717, 1.165) is 12.3 Å². The fourth-order valence-corrected chi connectivity index (χ4v) is 3.36. The second kappa shape index (κ2) is 7.69. The molecule has 0 aromatic heterocycles. The highest BCUT2D eigenvalue weighted by Crippen LogP contribution is 2.26. The van der Waals surface area contributed by atoms with Crippen LogP contribution in [0.4, 0.5) is 0 Å². The highest BCUT2D eigenvalue weighted by molar-refractivity contribution is 5.15. The molecule has 106 valence electrons. The Morgan fingerprint density at radius 3 is 2.42 bits per heavy atom. The van der Waals surface area contributed by atoms with E-state index in [1.807, 2.05) is 0 Å². The van der Waals surface area contributed by atoms with Gasteiger partial charge in [-0.3, -0.25) is 0 Å². The minimum absolute atomic E-state index is 0.624. The fourth-order valence-electron chi connectivity index (χ4n) is 3.36.